The van der Waals surface area contributed by atoms with E-state index < -0.39 is 17.6 Å². The molecule has 0 aliphatic carbocycles. The topological polar surface area (TPSA) is 49.4 Å². The quantitative estimate of drug-likeness (QED) is 0.180. The maximum Gasteiger partial charge on any atom is 1.00 e. The van der Waals surface area contributed by atoms with Crippen LogP contribution in [0.2, 0.25) is 0 Å². The summed E-state index contributed by atoms with van der Waals surface area (Å²) < 4.78 is 15.9. The van der Waals surface area contributed by atoms with Crippen molar-refractivity contribution in [2.75, 3.05) is 7.11 Å². The van der Waals surface area contributed by atoms with Gasteiger partial charge in [0.2, 0.25) is 0 Å². The van der Waals surface area contributed by atoms with Gasteiger partial charge in [0.05, 0.1) is 7.11 Å². The number of hydrogen-bond acceptors (Lipinski definition) is 3. The summed E-state index contributed by atoms with van der Waals surface area (Å²) in [6.45, 7) is 0.951. The molecule has 0 spiro atoms. The van der Waals surface area contributed by atoms with E-state index >= 15 is 0 Å². The van der Waals surface area contributed by atoms with E-state index in [4.69, 9.17) is 0 Å². The van der Waals surface area contributed by atoms with Crippen LogP contribution in [0.5, 0.6) is 0 Å². The van der Waals surface area contributed by atoms with E-state index in [0.29, 0.717) is 0 Å². The Morgan fingerprint density at radius 3 is 2.10 bits per heavy atom. The van der Waals surface area contributed by atoms with E-state index in [1.54, 1.807) is 0 Å². The van der Waals surface area contributed by atoms with Gasteiger partial charge >= 0.3 is 57.4 Å². The van der Waals surface area contributed by atoms with Gasteiger partial charge in [0.15, 0.2) is 5.83 Å². The Morgan fingerprint density at radius 1 is 1.60 bits per heavy atom. The summed E-state index contributed by atoms with van der Waals surface area (Å²) in [5.74, 6) is -3.50. The zero-order valence-corrected chi connectivity index (χ0v) is 9.23. The van der Waals surface area contributed by atoms with Gasteiger partial charge in [0.1, 0.15) is 0 Å². The van der Waals surface area contributed by atoms with Crippen LogP contribution in [0.25, 0.3) is 0 Å². The zero-order chi connectivity index (χ0) is 7.44. The van der Waals surface area contributed by atoms with E-state index in [1.165, 1.54) is 0 Å². The molecule has 0 saturated heterocycles. The number of methoxy groups -OCH3 is 1. The van der Waals surface area contributed by atoms with Crippen molar-refractivity contribution in [3.63, 3.8) is 0 Å². The van der Waals surface area contributed by atoms with Gasteiger partial charge in [0.25, 0.3) is 0 Å². The van der Waals surface area contributed by atoms with Crippen LogP contribution in [0.1, 0.15) is 6.92 Å². The maximum absolute atomic E-state index is 12.0. The molecule has 0 aromatic carbocycles. The van der Waals surface area contributed by atoms with E-state index in [0.717, 1.165) is 14.0 Å². The fourth-order valence-corrected chi connectivity index (χ4v) is 0.233. The van der Waals surface area contributed by atoms with Crippen LogP contribution >= 0.6 is 0 Å². The first kappa shape index (κ1) is 13.2. The fourth-order valence-electron chi connectivity index (χ4n) is 0.233. The van der Waals surface area contributed by atoms with Gasteiger partial charge in [0, 0.05) is 0 Å². The zero-order valence-electron chi connectivity index (χ0n) is 6.10. The number of carbonyl (C=O) groups is 1. The van der Waals surface area contributed by atoms with Crippen LogP contribution in [0.15, 0.2) is 11.6 Å². The predicted molar refractivity (Wildman–Crippen MR) is 25.8 cm³/mol. The first-order chi connectivity index (χ1) is 4.09. The molecule has 5 heteroatoms. The molecule has 0 aliphatic rings. The Morgan fingerprint density at radius 2 is 2.00 bits per heavy atom. The van der Waals surface area contributed by atoms with Crippen LogP contribution < -0.4 is 56.5 Å². The first-order valence-corrected chi connectivity index (χ1v) is 2.21. The van der Waals surface area contributed by atoms with Crippen molar-refractivity contribution in [2.24, 2.45) is 0 Å². The van der Waals surface area contributed by atoms with Gasteiger partial charge in [-0.05, 0) is 0 Å². The predicted octanol–water partition coefficient (Wildman–Crippen LogP) is -3.28. The molecular formula is C5H6FKO3. The Labute approximate surface area is 101 Å². The Balaban J connectivity index is 0. The number of rotatable bonds is 1. The summed E-state index contributed by atoms with van der Waals surface area (Å²) in [6.07, 6.45) is 0. The van der Waals surface area contributed by atoms with Crippen LogP contribution in [0.3, 0.4) is 0 Å². The summed E-state index contributed by atoms with van der Waals surface area (Å²) in [7, 11) is 1.00. The minimum Gasteiger partial charge on any atom is -0.873 e. The molecule has 3 nitrogen and oxygen atoms in total. The molecule has 0 bridgehead atoms. The summed E-state index contributed by atoms with van der Waals surface area (Å²) in [5.41, 5.74) is 0. The molecular weight excluding hydrogens is 166 g/mol. The first-order valence-electron chi connectivity index (χ1n) is 2.21. The molecule has 0 saturated carbocycles. The molecule has 0 amide bonds. The molecule has 0 rings (SSSR count). The van der Waals surface area contributed by atoms with Crippen molar-refractivity contribution >= 4 is 5.97 Å². The molecule has 0 aromatic heterocycles. The van der Waals surface area contributed by atoms with Crippen LogP contribution in [0, 0.1) is 0 Å². The number of hydrogen-bond donors (Lipinski definition) is 0. The minimum absolute atomic E-state index is 0. The second-order valence-electron chi connectivity index (χ2n) is 1.36. The van der Waals surface area contributed by atoms with Crippen molar-refractivity contribution in [3.8, 4) is 0 Å². The average Bonchev–Trinajstić information content (AvgIpc) is 1.84. The normalized spacial score (nSPS) is 11.1. The Bertz CT molecular complexity index is 151. The SMILES string of the molecule is COC(=O)/C(F)=C(/C)[O-].[K+]. The number of carbonyl (C=O) groups excluding carboxylic acids is 1. The van der Waals surface area contributed by atoms with E-state index in [-0.39, 0.29) is 51.4 Å². The van der Waals surface area contributed by atoms with Crippen molar-refractivity contribution in [1.29, 1.82) is 0 Å². The molecule has 0 fully saturated rings. The summed E-state index contributed by atoms with van der Waals surface area (Å²) in [6, 6.07) is 0. The number of esters is 1. The third kappa shape index (κ3) is 4.40. The van der Waals surface area contributed by atoms with Crippen LogP contribution in [0.4, 0.5) is 4.39 Å². The smallest absolute Gasteiger partial charge is 0.873 e. The second-order valence-corrected chi connectivity index (χ2v) is 1.36. The number of allylic oxidation sites excluding steroid dienone is 1. The van der Waals surface area contributed by atoms with Crippen molar-refractivity contribution in [2.45, 2.75) is 6.92 Å². The van der Waals surface area contributed by atoms with Crippen molar-refractivity contribution in [1.82, 2.24) is 0 Å². The van der Waals surface area contributed by atoms with Gasteiger partial charge in [-0.2, -0.15) is 0 Å². The fraction of sp³-hybridized carbons (Fsp3) is 0.400. The molecule has 0 aliphatic heterocycles. The number of halogens is 1. The molecule has 0 heterocycles. The van der Waals surface area contributed by atoms with Gasteiger partial charge in [-0.3, -0.25) is 0 Å². The molecule has 0 unspecified atom stereocenters. The maximum atomic E-state index is 12.0. The summed E-state index contributed by atoms with van der Waals surface area (Å²) >= 11 is 0. The van der Waals surface area contributed by atoms with Gasteiger partial charge in [-0.25, -0.2) is 9.18 Å². The third-order valence-corrected chi connectivity index (χ3v) is 0.674. The molecule has 0 atom stereocenters. The largest absolute Gasteiger partial charge is 1.00 e. The molecule has 10 heavy (non-hydrogen) atoms. The molecule has 0 N–H and O–H groups in total. The molecule has 52 valence electrons. The standard InChI is InChI=1S/C5H7FO3.K/c1-3(7)4(6)5(8)9-2;/h7H,1-2H3;/q;+1/p-1/b4-3+;. The third-order valence-electron chi connectivity index (χ3n) is 0.674. The minimum atomic E-state index is -1.36. The Kier molecular flexibility index (Phi) is 8.30. The molecule has 0 aromatic rings. The van der Waals surface area contributed by atoms with Gasteiger partial charge < -0.3 is 9.84 Å². The summed E-state index contributed by atoms with van der Waals surface area (Å²) in [4.78, 5) is 10.1. The molecule has 0 radical (unpaired) electrons. The van der Waals surface area contributed by atoms with Crippen molar-refractivity contribution in [3.05, 3.63) is 11.6 Å². The van der Waals surface area contributed by atoms with E-state index in [1.807, 2.05) is 0 Å². The van der Waals surface area contributed by atoms with Gasteiger partial charge in [-0.15, -0.1) is 0 Å². The van der Waals surface area contributed by atoms with Crippen LogP contribution in [-0.4, -0.2) is 13.1 Å². The monoisotopic (exact) mass is 172 g/mol. The number of ether oxygens (including phenoxy) is 1. The average molecular weight is 172 g/mol. The van der Waals surface area contributed by atoms with Gasteiger partial charge in [-0.1, -0.05) is 12.7 Å². The van der Waals surface area contributed by atoms with E-state index in [2.05, 4.69) is 4.74 Å². The van der Waals surface area contributed by atoms with E-state index in [9.17, 15) is 14.3 Å². The summed E-state index contributed by atoms with van der Waals surface area (Å²) in [5, 5.41) is 10.0. The van der Waals surface area contributed by atoms with Crippen LogP contribution in [-0.2, 0) is 9.53 Å². The Hall–Kier alpha value is 0.576. The van der Waals surface area contributed by atoms with Crippen molar-refractivity contribution < 1.29 is 70.4 Å². The second kappa shape index (κ2) is 6.30.